The van der Waals surface area contributed by atoms with Gasteiger partial charge in [-0.25, -0.2) is 9.78 Å². The number of carbonyl (C=O) groups is 1. The third kappa shape index (κ3) is 3.27. The molecule has 3 aromatic rings. The third-order valence-corrected chi connectivity index (χ3v) is 5.54. The number of halogens is 1. The Morgan fingerprint density at radius 3 is 2.78 bits per heavy atom. The van der Waals surface area contributed by atoms with Crippen LogP contribution >= 0.6 is 15.9 Å². The van der Waals surface area contributed by atoms with E-state index in [9.17, 15) is 4.79 Å². The number of hydrogen-bond donors (Lipinski definition) is 1. The average molecular weight is 433 g/mol. The highest BCUT2D eigenvalue weighted by atomic mass is 79.9. The maximum Gasteiger partial charge on any atom is 0.409 e. The van der Waals surface area contributed by atoms with Gasteiger partial charge in [0.2, 0.25) is 0 Å². The van der Waals surface area contributed by atoms with Crippen LogP contribution in [0.1, 0.15) is 6.92 Å². The molecule has 0 aliphatic carbocycles. The molecular weight excluding hydrogens is 412 g/mol. The molecule has 1 N–H and O–H groups in total. The normalized spacial score (nSPS) is 14.8. The molecule has 0 saturated carbocycles. The number of anilines is 1. The quantitative estimate of drug-likeness (QED) is 0.687. The summed E-state index contributed by atoms with van der Waals surface area (Å²) in [5, 5.41) is 5.29. The minimum atomic E-state index is -0.237. The van der Waals surface area contributed by atoms with E-state index in [1.165, 1.54) is 0 Å². The molecule has 142 valence electrons. The minimum Gasteiger partial charge on any atom is -0.450 e. The summed E-state index contributed by atoms with van der Waals surface area (Å²) in [6, 6.07) is 2.02. The van der Waals surface area contributed by atoms with Gasteiger partial charge >= 0.3 is 6.09 Å². The first-order valence-corrected chi connectivity index (χ1v) is 9.69. The number of fused-ring (bicyclic) bond motifs is 1. The van der Waals surface area contributed by atoms with Gasteiger partial charge in [0, 0.05) is 51.2 Å². The monoisotopic (exact) mass is 432 g/mol. The van der Waals surface area contributed by atoms with Gasteiger partial charge < -0.3 is 19.5 Å². The van der Waals surface area contributed by atoms with Gasteiger partial charge in [-0.1, -0.05) is 0 Å². The van der Waals surface area contributed by atoms with Gasteiger partial charge in [0.25, 0.3) is 0 Å². The summed E-state index contributed by atoms with van der Waals surface area (Å²) in [6.45, 7) is 5.00. The standard InChI is InChI=1S/C18H21BrN6O2/c1-3-27-18(26)25-8-6-24(7-9-25)13-4-5-20-17-14(13)15(19)16(22-17)12-10-21-23(2)11-12/h4-5,10-11H,3,6-9H2,1-2H3,(H,20,22). The van der Waals surface area contributed by atoms with Crippen molar-refractivity contribution in [3.8, 4) is 11.3 Å². The summed E-state index contributed by atoms with van der Waals surface area (Å²) in [7, 11) is 1.90. The number of hydrogen-bond acceptors (Lipinski definition) is 5. The molecule has 0 spiro atoms. The van der Waals surface area contributed by atoms with Crippen LogP contribution in [0.15, 0.2) is 29.1 Å². The molecule has 3 aromatic heterocycles. The summed E-state index contributed by atoms with van der Waals surface area (Å²) in [6.07, 6.45) is 5.37. The highest BCUT2D eigenvalue weighted by Gasteiger charge is 2.25. The topological polar surface area (TPSA) is 79.3 Å². The van der Waals surface area contributed by atoms with Crippen molar-refractivity contribution >= 4 is 38.7 Å². The molecule has 0 aromatic carbocycles. The van der Waals surface area contributed by atoms with E-state index in [1.54, 1.807) is 9.58 Å². The lowest BCUT2D eigenvalue weighted by molar-refractivity contribution is 0.105. The van der Waals surface area contributed by atoms with E-state index in [1.807, 2.05) is 38.6 Å². The zero-order valence-corrected chi connectivity index (χ0v) is 16.9. The Kier molecular flexibility index (Phi) is 4.77. The summed E-state index contributed by atoms with van der Waals surface area (Å²) in [4.78, 5) is 23.9. The molecule has 4 rings (SSSR count). The Labute approximate surface area is 165 Å². The molecule has 1 fully saturated rings. The number of nitrogens with zero attached hydrogens (tertiary/aromatic N) is 5. The lowest BCUT2D eigenvalue weighted by Gasteiger charge is -2.35. The number of nitrogens with one attached hydrogen (secondary N) is 1. The van der Waals surface area contributed by atoms with E-state index in [0.717, 1.165) is 45.5 Å². The van der Waals surface area contributed by atoms with Crippen LogP contribution in [0.25, 0.3) is 22.3 Å². The Morgan fingerprint density at radius 2 is 2.11 bits per heavy atom. The number of piperazine rings is 1. The largest absolute Gasteiger partial charge is 0.450 e. The third-order valence-electron chi connectivity index (χ3n) is 4.75. The van der Waals surface area contributed by atoms with E-state index >= 15 is 0 Å². The molecule has 1 amide bonds. The highest BCUT2D eigenvalue weighted by Crippen LogP contribution is 2.39. The van der Waals surface area contributed by atoms with E-state index in [2.05, 4.69) is 35.9 Å². The molecule has 0 bridgehead atoms. The fourth-order valence-corrected chi connectivity index (χ4v) is 4.14. The molecule has 0 atom stereocenters. The van der Waals surface area contributed by atoms with Crippen molar-refractivity contribution in [3.05, 3.63) is 29.1 Å². The van der Waals surface area contributed by atoms with Crippen molar-refractivity contribution < 1.29 is 9.53 Å². The molecule has 9 heteroatoms. The lowest BCUT2D eigenvalue weighted by Crippen LogP contribution is -2.49. The van der Waals surface area contributed by atoms with Crippen molar-refractivity contribution in [2.24, 2.45) is 7.05 Å². The fraction of sp³-hybridized carbons (Fsp3) is 0.389. The number of H-pyrrole nitrogens is 1. The van der Waals surface area contributed by atoms with Crippen LogP contribution in [0, 0.1) is 0 Å². The summed E-state index contributed by atoms with van der Waals surface area (Å²) >= 11 is 3.75. The van der Waals surface area contributed by atoms with Crippen LogP contribution in [0.2, 0.25) is 0 Å². The van der Waals surface area contributed by atoms with Crippen molar-refractivity contribution in [2.45, 2.75) is 6.92 Å². The maximum absolute atomic E-state index is 11.9. The number of pyridine rings is 1. The van der Waals surface area contributed by atoms with Crippen molar-refractivity contribution in [2.75, 3.05) is 37.7 Å². The van der Waals surface area contributed by atoms with Crippen LogP contribution in [0.5, 0.6) is 0 Å². The summed E-state index contributed by atoms with van der Waals surface area (Å²) in [5.41, 5.74) is 3.89. The maximum atomic E-state index is 11.9. The second-order valence-electron chi connectivity index (χ2n) is 6.44. The Balaban J connectivity index is 1.63. The van der Waals surface area contributed by atoms with Crippen molar-refractivity contribution in [3.63, 3.8) is 0 Å². The van der Waals surface area contributed by atoms with Crippen LogP contribution in [-0.4, -0.2) is 63.5 Å². The molecule has 1 aliphatic rings. The lowest BCUT2D eigenvalue weighted by atomic mass is 10.2. The molecular formula is C18H21BrN6O2. The Bertz CT molecular complexity index is 974. The minimum absolute atomic E-state index is 0.237. The number of aryl methyl sites for hydroxylation is 1. The predicted octanol–water partition coefficient (Wildman–Crippen LogP) is 3.00. The van der Waals surface area contributed by atoms with Crippen molar-refractivity contribution in [1.82, 2.24) is 24.6 Å². The number of aromatic amines is 1. The molecule has 1 saturated heterocycles. The van der Waals surface area contributed by atoms with Gasteiger partial charge in [-0.2, -0.15) is 5.10 Å². The fourth-order valence-electron chi connectivity index (χ4n) is 3.42. The Morgan fingerprint density at radius 1 is 1.33 bits per heavy atom. The number of amides is 1. The van der Waals surface area contributed by atoms with E-state index in [-0.39, 0.29) is 6.09 Å². The predicted molar refractivity (Wildman–Crippen MR) is 107 cm³/mol. The highest BCUT2D eigenvalue weighted by molar-refractivity contribution is 9.10. The molecule has 4 heterocycles. The van der Waals surface area contributed by atoms with Gasteiger partial charge in [-0.05, 0) is 28.9 Å². The van der Waals surface area contributed by atoms with Crippen molar-refractivity contribution in [1.29, 1.82) is 0 Å². The molecule has 8 nitrogen and oxygen atoms in total. The number of rotatable bonds is 3. The van der Waals surface area contributed by atoms with E-state index in [0.29, 0.717) is 19.7 Å². The van der Waals surface area contributed by atoms with Gasteiger partial charge in [-0.15, -0.1) is 0 Å². The second-order valence-corrected chi connectivity index (χ2v) is 7.24. The summed E-state index contributed by atoms with van der Waals surface area (Å²) < 4.78 is 7.85. The smallest absolute Gasteiger partial charge is 0.409 e. The van der Waals surface area contributed by atoms with E-state index < -0.39 is 0 Å². The van der Waals surface area contributed by atoms with Gasteiger partial charge in [0.1, 0.15) is 5.65 Å². The van der Waals surface area contributed by atoms with E-state index in [4.69, 9.17) is 4.74 Å². The summed E-state index contributed by atoms with van der Waals surface area (Å²) in [5.74, 6) is 0. The Hall–Kier alpha value is -2.55. The first kappa shape index (κ1) is 17.8. The first-order chi connectivity index (χ1) is 13.1. The first-order valence-electron chi connectivity index (χ1n) is 8.90. The van der Waals surface area contributed by atoms with Crippen LogP contribution < -0.4 is 4.90 Å². The molecule has 27 heavy (non-hydrogen) atoms. The van der Waals surface area contributed by atoms with Crippen LogP contribution in [0.4, 0.5) is 10.5 Å². The molecule has 0 radical (unpaired) electrons. The average Bonchev–Trinajstić information content (AvgIpc) is 3.25. The van der Waals surface area contributed by atoms with Gasteiger partial charge in [0.05, 0.1) is 34.0 Å². The zero-order valence-electron chi connectivity index (χ0n) is 15.3. The zero-order chi connectivity index (χ0) is 19.0. The van der Waals surface area contributed by atoms with Crippen LogP contribution in [0.3, 0.4) is 0 Å². The van der Waals surface area contributed by atoms with Gasteiger partial charge in [-0.3, -0.25) is 4.68 Å². The number of aromatic nitrogens is 4. The van der Waals surface area contributed by atoms with Gasteiger partial charge in [0.15, 0.2) is 0 Å². The second kappa shape index (κ2) is 7.22. The van der Waals surface area contributed by atoms with Crippen LogP contribution in [-0.2, 0) is 11.8 Å². The number of ether oxygens (including phenoxy) is 1. The number of carbonyl (C=O) groups excluding carboxylic acids is 1. The SMILES string of the molecule is CCOC(=O)N1CCN(c2ccnc3[nH]c(-c4cnn(C)c4)c(Br)c23)CC1. The molecule has 1 aliphatic heterocycles. The molecule has 0 unspecified atom stereocenters.